The molecule has 6 nitrogen and oxygen atoms in total. The number of halogens is 1. The molecule has 4 rings (SSSR count). The molecule has 0 aromatic heterocycles. The Bertz CT molecular complexity index is 723. The van der Waals surface area contributed by atoms with Crippen LogP contribution in [0.2, 0.25) is 0 Å². The molecule has 0 spiro atoms. The summed E-state index contributed by atoms with van der Waals surface area (Å²) in [6.07, 6.45) is 6.67. The van der Waals surface area contributed by atoms with Crippen LogP contribution in [0.5, 0.6) is 0 Å². The van der Waals surface area contributed by atoms with Gasteiger partial charge in [-0.15, -0.1) is 12.4 Å². The van der Waals surface area contributed by atoms with Crippen molar-refractivity contribution in [2.45, 2.75) is 51.2 Å². The van der Waals surface area contributed by atoms with Crippen molar-refractivity contribution in [1.29, 1.82) is 0 Å². The number of carbonyl (C=O) groups excluding carboxylic acids is 2. The summed E-state index contributed by atoms with van der Waals surface area (Å²) in [5.41, 5.74) is 1.34. The molecule has 160 valence electrons. The highest BCUT2D eigenvalue weighted by molar-refractivity contribution is 5.94. The highest BCUT2D eigenvalue weighted by Gasteiger charge is 2.49. The maximum absolute atomic E-state index is 13.0. The van der Waals surface area contributed by atoms with Crippen LogP contribution in [-0.4, -0.2) is 44.2 Å². The fourth-order valence-corrected chi connectivity index (χ4v) is 4.99. The van der Waals surface area contributed by atoms with E-state index in [2.05, 4.69) is 16.0 Å². The second kappa shape index (κ2) is 9.92. The van der Waals surface area contributed by atoms with Crippen LogP contribution in [0.1, 0.15) is 54.4 Å². The van der Waals surface area contributed by atoms with E-state index in [0.29, 0.717) is 24.6 Å². The predicted molar refractivity (Wildman–Crippen MR) is 114 cm³/mol. The lowest BCUT2D eigenvalue weighted by molar-refractivity contribution is -0.134. The molecule has 0 radical (unpaired) electrons. The van der Waals surface area contributed by atoms with Crippen molar-refractivity contribution >= 4 is 24.2 Å². The normalized spacial score (nSPS) is 28.3. The van der Waals surface area contributed by atoms with Gasteiger partial charge >= 0.3 is 0 Å². The Morgan fingerprint density at radius 1 is 1.17 bits per heavy atom. The van der Waals surface area contributed by atoms with E-state index in [4.69, 9.17) is 4.74 Å². The molecule has 2 heterocycles. The van der Waals surface area contributed by atoms with Gasteiger partial charge in [0.1, 0.15) is 0 Å². The molecule has 3 aliphatic rings. The third kappa shape index (κ3) is 4.93. The van der Waals surface area contributed by atoms with Crippen LogP contribution in [0, 0.1) is 11.3 Å². The summed E-state index contributed by atoms with van der Waals surface area (Å²) < 4.78 is 5.55. The third-order valence-electron chi connectivity index (χ3n) is 6.65. The summed E-state index contributed by atoms with van der Waals surface area (Å²) in [6.45, 7) is 3.54. The molecule has 3 atom stereocenters. The number of carbonyl (C=O) groups is 2. The third-order valence-corrected chi connectivity index (χ3v) is 6.65. The fourth-order valence-electron chi connectivity index (χ4n) is 4.99. The van der Waals surface area contributed by atoms with Crippen LogP contribution in [0.4, 0.5) is 0 Å². The summed E-state index contributed by atoms with van der Waals surface area (Å²) in [5.74, 6) is 0.529. The Hall–Kier alpha value is -1.63. The molecule has 2 aliphatic heterocycles. The van der Waals surface area contributed by atoms with Gasteiger partial charge in [-0.1, -0.05) is 25.0 Å². The molecule has 1 aliphatic carbocycles. The largest absolute Gasteiger partial charge is 0.376 e. The van der Waals surface area contributed by atoms with E-state index in [1.54, 1.807) is 0 Å². The smallest absolute Gasteiger partial charge is 0.251 e. The van der Waals surface area contributed by atoms with Gasteiger partial charge in [-0.25, -0.2) is 0 Å². The second-order valence-electron chi connectivity index (χ2n) is 8.46. The monoisotopic (exact) mass is 421 g/mol. The minimum absolute atomic E-state index is 0. The van der Waals surface area contributed by atoms with Crippen molar-refractivity contribution in [3.05, 3.63) is 35.4 Å². The molecule has 1 unspecified atom stereocenters. The van der Waals surface area contributed by atoms with Crippen LogP contribution in [0.15, 0.2) is 24.3 Å². The number of amides is 2. The van der Waals surface area contributed by atoms with Crippen LogP contribution in [0.3, 0.4) is 0 Å². The second-order valence-corrected chi connectivity index (χ2v) is 8.46. The Balaban J connectivity index is 0.00000240. The molecule has 29 heavy (non-hydrogen) atoms. The van der Waals surface area contributed by atoms with E-state index < -0.39 is 0 Å². The van der Waals surface area contributed by atoms with E-state index in [-0.39, 0.29) is 35.7 Å². The lowest BCUT2D eigenvalue weighted by Gasteiger charge is -2.37. The molecule has 0 bridgehead atoms. The van der Waals surface area contributed by atoms with Crippen molar-refractivity contribution in [2.75, 3.05) is 26.2 Å². The Kier molecular flexibility index (Phi) is 7.55. The lowest BCUT2D eigenvalue weighted by Crippen LogP contribution is -2.47. The number of ether oxygens (including phenoxy) is 1. The van der Waals surface area contributed by atoms with Gasteiger partial charge in [0.05, 0.1) is 11.5 Å². The summed E-state index contributed by atoms with van der Waals surface area (Å²) in [7, 11) is 0. The van der Waals surface area contributed by atoms with E-state index in [0.717, 1.165) is 57.4 Å². The maximum atomic E-state index is 13.0. The van der Waals surface area contributed by atoms with Gasteiger partial charge in [-0.05, 0) is 55.8 Å². The first-order valence-electron chi connectivity index (χ1n) is 10.7. The quantitative estimate of drug-likeness (QED) is 0.659. The Morgan fingerprint density at radius 3 is 2.90 bits per heavy atom. The van der Waals surface area contributed by atoms with E-state index >= 15 is 0 Å². The molecule has 1 aromatic rings. The van der Waals surface area contributed by atoms with Gasteiger partial charge in [-0.3, -0.25) is 9.59 Å². The number of benzene rings is 1. The molecule has 3 fully saturated rings. The molecule has 7 heteroatoms. The van der Waals surface area contributed by atoms with Crippen LogP contribution in [-0.2, 0) is 16.1 Å². The molecule has 2 saturated heterocycles. The van der Waals surface area contributed by atoms with Gasteiger partial charge in [0.2, 0.25) is 5.91 Å². The van der Waals surface area contributed by atoms with Crippen molar-refractivity contribution < 1.29 is 14.3 Å². The number of hydrogen-bond acceptors (Lipinski definition) is 4. The molecular formula is C22H32ClN3O3. The van der Waals surface area contributed by atoms with Crippen molar-refractivity contribution in [1.82, 2.24) is 16.0 Å². The average molecular weight is 422 g/mol. The fraction of sp³-hybridized carbons (Fsp3) is 0.636. The van der Waals surface area contributed by atoms with Gasteiger partial charge in [0.25, 0.3) is 5.91 Å². The van der Waals surface area contributed by atoms with E-state index in [1.165, 1.54) is 6.42 Å². The van der Waals surface area contributed by atoms with Crippen molar-refractivity contribution in [2.24, 2.45) is 11.3 Å². The van der Waals surface area contributed by atoms with Gasteiger partial charge in [-0.2, -0.15) is 0 Å². The SMILES string of the molecule is Cl.O=C(NCC1CCCO1)c1cccc(CNC(=O)[C@@]23CCCC[C@H]2CNC3)c1. The topological polar surface area (TPSA) is 79.5 Å². The number of hydrogen-bond donors (Lipinski definition) is 3. The number of fused-ring (bicyclic) bond motifs is 1. The van der Waals surface area contributed by atoms with Crippen LogP contribution < -0.4 is 16.0 Å². The zero-order valence-electron chi connectivity index (χ0n) is 16.9. The summed E-state index contributed by atoms with van der Waals surface area (Å²) >= 11 is 0. The number of nitrogens with one attached hydrogen (secondary N) is 3. The van der Waals surface area contributed by atoms with Crippen LogP contribution in [0.25, 0.3) is 0 Å². The zero-order chi connectivity index (χ0) is 19.4. The Labute approximate surface area is 178 Å². The molecule has 2 amide bonds. The van der Waals surface area contributed by atoms with Gasteiger partial charge in [0, 0.05) is 31.8 Å². The van der Waals surface area contributed by atoms with Crippen molar-refractivity contribution in [3.8, 4) is 0 Å². The zero-order valence-corrected chi connectivity index (χ0v) is 17.7. The van der Waals surface area contributed by atoms with Crippen LogP contribution >= 0.6 is 12.4 Å². The predicted octanol–water partition coefficient (Wildman–Crippen LogP) is 2.41. The average Bonchev–Trinajstić information content (AvgIpc) is 3.40. The molecular weight excluding hydrogens is 390 g/mol. The minimum atomic E-state index is -0.242. The highest BCUT2D eigenvalue weighted by Crippen LogP contribution is 2.43. The van der Waals surface area contributed by atoms with E-state index in [9.17, 15) is 9.59 Å². The lowest BCUT2D eigenvalue weighted by atomic mass is 9.67. The highest BCUT2D eigenvalue weighted by atomic mass is 35.5. The van der Waals surface area contributed by atoms with Gasteiger partial charge < -0.3 is 20.7 Å². The first-order chi connectivity index (χ1) is 13.7. The Morgan fingerprint density at radius 2 is 2.07 bits per heavy atom. The summed E-state index contributed by atoms with van der Waals surface area (Å²) in [4.78, 5) is 25.4. The van der Waals surface area contributed by atoms with E-state index in [1.807, 2.05) is 24.3 Å². The molecule has 1 saturated carbocycles. The summed E-state index contributed by atoms with van der Waals surface area (Å²) in [6, 6.07) is 7.52. The molecule has 1 aromatic carbocycles. The van der Waals surface area contributed by atoms with Gasteiger partial charge in [0.15, 0.2) is 0 Å². The maximum Gasteiger partial charge on any atom is 0.251 e. The number of rotatable bonds is 6. The molecule has 3 N–H and O–H groups in total. The first-order valence-corrected chi connectivity index (χ1v) is 10.7. The summed E-state index contributed by atoms with van der Waals surface area (Å²) in [5, 5.41) is 9.52. The standard InChI is InChI=1S/C22H31N3O3.ClH/c26-20(24-14-19-8-4-10-28-19)17-6-3-5-16(11-17)12-25-21(27)22-9-2-1-7-18(22)13-23-15-22;/h3,5-6,11,18-19,23H,1-2,4,7-10,12-15H2,(H,24,26)(H,25,27);1H/t18-,19?,22+;/m0./s1. The first kappa shape index (κ1) is 22.1. The minimum Gasteiger partial charge on any atom is -0.376 e. The van der Waals surface area contributed by atoms with Crippen molar-refractivity contribution in [3.63, 3.8) is 0 Å².